The highest BCUT2D eigenvalue weighted by atomic mass is 15.2. The van der Waals surface area contributed by atoms with Gasteiger partial charge in [-0.05, 0) is 51.5 Å². The molecule has 4 atom stereocenters. The van der Waals surface area contributed by atoms with Crippen LogP contribution in [0.3, 0.4) is 0 Å². The SMILES string of the molecule is CCCNC(C)CC(C)N1CC(C)CC(C)C1. The van der Waals surface area contributed by atoms with Crippen LogP contribution in [0.4, 0.5) is 0 Å². The Bertz CT molecular complexity index is 195. The standard InChI is InChI=1S/C15H32N2/c1-6-7-16-14(4)9-15(5)17-10-12(2)8-13(3)11-17/h12-16H,6-11H2,1-5H3. The first-order valence-corrected chi connectivity index (χ1v) is 7.50. The fourth-order valence-corrected chi connectivity index (χ4v) is 3.21. The van der Waals surface area contributed by atoms with Crippen LogP contribution in [0.2, 0.25) is 0 Å². The van der Waals surface area contributed by atoms with Crippen molar-refractivity contribution in [3.63, 3.8) is 0 Å². The maximum atomic E-state index is 3.60. The number of hydrogen-bond donors (Lipinski definition) is 1. The fraction of sp³-hybridized carbons (Fsp3) is 1.00. The van der Waals surface area contributed by atoms with Crippen LogP contribution in [0.25, 0.3) is 0 Å². The van der Waals surface area contributed by atoms with Crippen LogP contribution < -0.4 is 5.32 Å². The molecule has 0 aromatic carbocycles. The van der Waals surface area contributed by atoms with E-state index in [1.165, 1.54) is 32.4 Å². The summed E-state index contributed by atoms with van der Waals surface area (Å²) in [6, 6.07) is 1.37. The molecule has 1 aliphatic rings. The van der Waals surface area contributed by atoms with E-state index in [1.54, 1.807) is 0 Å². The third-order valence-electron chi connectivity index (χ3n) is 3.96. The first-order chi connectivity index (χ1) is 8.02. The monoisotopic (exact) mass is 240 g/mol. The average molecular weight is 240 g/mol. The Morgan fingerprint density at radius 2 is 1.76 bits per heavy atom. The number of likely N-dealkylation sites (tertiary alicyclic amines) is 1. The van der Waals surface area contributed by atoms with Crippen molar-refractivity contribution in [2.75, 3.05) is 19.6 Å². The van der Waals surface area contributed by atoms with Gasteiger partial charge in [-0.2, -0.15) is 0 Å². The molecule has 17 heavy (non-hydrogen) atoms. The molecule has 0 radical (unpaired) electrons. The highest BCUT2D eigenvalue weighted by Gasteiger charge is 2.25. The zero-order chi connectivity index (χ0) is 12.8. The molecule has 0 saturated carbocycles. The summed E-state index contributed by atoms with van der Waals surface area (Å²) >= 11 is 0. The molecule has 1 heterocycles. The minimum atomic E-state index is 0.650. The molecule has 0 bridgehead atoms. The predicted molar refractivity (Wildman–Crippen MR) is 76.4 cm³/mol. The van der Waals surface area contributed by atoms with Crippen molar-refractivity contribution in [2.24, 2.45) is 11.8 Å². The molecule has 0 aliphatic carbocycles. The second-order valence-corrected chi connectivity index (χ2v) is 6.34. The number of nitrogens with zero attached hydrogens (tertiary/aromatic N) is 1. The molecule has 1 saturated heterocycles. The molecule has 0 amide bonds. The Hall–Kier alpha value is -0.0800. The van der Waals surface area contributed by atoms with Gasteiger partial charge in [-0.3, -0.25) is 0 Å². The van der Waals surface area contributed by atoms with Gasteiger partial charge in [-0.25, -0.2) is 0 Å². The Kier molecular flexibility index (Phi) is 6.50. The van der Waals surface area contributed by atoms with E-state index in [-0.39, 0.29) is 0 Å². The minimum absolute atomic E-state index is 0.650. The van der Waals surface area contributed by atoms with Gasteiger partial charge in [-0.15, -0.1) is 0 Å². The smallest absolute Gasteiger partial charge is 0.00818 e. The van der Waals surface area contributed by atoms with Crippen molar-refractivity contribution in [1.29, 1.82) is 0 Å². The molecular formula is C15H32N2. The maximum Gasteiger partial charge on any atom is 0.00818 e. The highest BCUT2D eigenvalue weighted by molar-refractivity contribution is 4.80. The van der Waals surface area contributed by atoms with E-state index in [2.05, 4.69) is 44.8 Å². The first kappa shape index (κ1) is 15.0. The zero-order valence-electron chi connectivity index (χ0n) is 12.5. The summed E-state index contributed by atoms with van der Waals surface area (Å²) in [6.07, 6.45) is 3.92. The summed E-state index contributed by atoms with van der Waals surface area (Å²) in [5.74, 6) is 1.75. The lowest BCUT2D eigenvalue weighted by molar-refractivity contribution is 0.0942. The summed E-state index contributed by atoms with van der Waals surface area (Å²) in [4.78, 5) is 2.70. The molecule has 2 heteroatoms. The van der Waals surface area contributed by atoms with Crippen LogP contribution >= 0.6 is 0 Å². The lowest BCUT2D eigenvalue weighted by Gasteiger charge is -2.39. The maximum absolute atomic E-state index is 3.60. The molecule has 4 unspecified atom stereocenters. The van der Waals surface area contributed by atoms with Crippen molar-refractivity contribution < 1.29 is 0 Å². The minimum Gasteiger partial charge on any atom is -0.314 e. The van der Waals surface area contributed by atoms with Crippen LogP contribution in [-0.2, 0) is 0 Å². The third-order valence-corrected chi connectivity index (χ3v) is 3.96. The van der Waals surface area contributed by atoms with E-state index in [1.807, 2.05) is 0 Å². The number of nitrogens with one attached hydrogen (secondary N) is 1. The number of rotatable bonds is 6. The van der Waals surface area contributed by atoms with Gasteiger partial charge in [0.1, 0.15) is 0 Å². The van der Waals surface area contributed by atoms with Crippen molar-refractivity contribution in [3.05, 3.63) is 0 Å². The molecule has 0 aromatic rings. The molecular weight excluding hydrogens is 208 g/mol. The molecule has 1 aliphatic heterocycles. The molecule has 1 N–H and O–H groups in total. The number of hydrogen-bond acceptors (Lipinski definition) is 2. The summed E-state index contributed by atoms with van der Waals surface area (Å²) in [5, 5.41) is 3.60. The van der Waals surface area contributed by atoms with Gasteiger partial charge in [0.2, 0.25) is 0 Å². The molecule has 2 nitrogen and oxygen atoms in total. The van der Waals surface area contributed by atoms with Gasteiger partial charge in [0.25, 0.3) is 0 Å². The second-order valence-electron chi connectivity index (χ2n) is 6.34. The normalized spacial score (nSPS) is 30.2. The average Bonchev–Trinajstić information content (AvgIpc) is 2.25. The molecule has 1 fully saturated rings. The summed E-state index contributed by atoms with van der Waals surface area (Å²) in [7, 11) is 0. The van der Waals surface area contributed by atoms with Crippen molar-refractivity contribution in [1.82, 2.24) is 10.2 Å². The van der Waals surface area contributed by atoms with E-state index >= 15 is 0 Å². The zero-order valence-corrected chi connectivity index (χ0v) is 12.5. The van der Waals surface area contributed by atoms with Crippen LogP contribution in [-0.4, -0.2) is 36.6 Å². The summed E-state index contributed by atoms with van der Waals surface area (Å²) < 4.78 is 0. The molecule has 0 spiro atoms. The van der Waals surface area contributed by atoms with Gasteiger partial charge < -0.3 is 10.2 Å². The van der Waals surface area contributed by atoms with E-state index in [9.17, 15) is 0 Å². The largest absolute Gasteiger partial charge is 0.314 e. The van der Waals surface area contributed by atoms with E-state index in [0.717, 1.165) is 24.4 Å². The second kappa shape index (κ2) is 7.38. The third kappa shape index (κ3) is 5.39. The van der Waals surface area contributed by atoms with Gasteiger partial charge in [0, 0.05) is 25.2 Å². The number of piperidine rings is 1. The Balaban J connectivity index is 2.33. The quantitative estimate of drug-likeness (QED) is 0.767. The Morgan fingerprint density at radius 1 is 1.18 bits per heavy atom. The van der Waals surface area contributed by atoms with Gasteiger partial charge >= 0.3 is 0 Å². The van der Waals surface area contributed by atoms with Crippen LogP contribution in [0, 0.1) is 11.8 Å². The molecule has 102 valence electrons. The van der Waals surface area contributed by atoms with Gasteiger partial charge in [-0.1, -0.05) is 20.8 Å². The van der Waals surface area contributed by atoms with Crippen LogP contribution in [0.5, 0.6) is 0 Å². The topological polar surface area (TPSA) is 15.3 Å². The van der Waals surface area contributed by atoms with Crippen molar-refractivity contribution in [3.8, 4) is 0 Å². The van der Waals surface area contributed by atoms with Gasteiger partial charge in [0.05, 0.1) is 0 Å². The van der Waals surface area contributed by atoms with E-state index in [0.29, 0.717) is 6.04 Å². The van der Waals surface area contributed by atoms with Crippen LogP contribution in [0.15, 0.2) is 0 Å². The molecule has 1 rings (SSSR count). The fourth-order valence-electron chi connectivity index (χ4n) is 3.21. The van der Waals surface area contributed by atoms with Crippen molar-refractivity contribution >= 4 is 0 Å². The lowest BCUT2D eigenvalue weighted by atomic mass is 9.90. The van der Waals surface area contributed by atoms with Gasteiger partial charge in [0.15, 0.2) is 0 Å². The summed E-state index contributed by atoms with van der Waals surface area (Å²) in [5.41, 5.74) is 0. The molecule has 0 aromatic heterocycles. The Labute approximate surface area is 108 Å². The lowest BCUT2D eigenvalue weighted by Crippen LogP contribution is -2.46. The van der Waals surface area contributed by atoms with E-state index in [4.69, 9.17) is 0 Å². The highest BCUT2D eigenvalue weighted by Crippen LogP contribution is 2.23. The predicted octanol–water partition coefficient (Wildman–Crippen LogP) is 3.13. The summed E-state index contributed by atoms with van der Waals surface area (Å²) in [6.45, 7) is 15.5. The first-order valence-electron chi connectivity index (χ1n) is 7.50. The van der Waals surface area contributed by atoms with Crippen LogP contribution in [0.1, 0.15) is 53.9 Å². The van der Waals surface area contributed by atoms with E-state index < -0.39 is 0 Å². The van der Waals surface area contributed by atoms with Crippen molar-refractivity contribution in [2.45, 2.75) is 66.0 Å². The Morgan fingerprint density at radius 3 is 2.29 bits per heavy atom.